The highest BCUT2D eigenvalue weighted by atomic mass is 32.2. The molecule has 0 heterocycles. The quantitative estimate of drug-likeness (QED) is 0.742. The lowest BCUT2D eigenvalue weighted by Crippen LogP contribution is -2.38. The van der Waals surface area contributed by atoms with Crippen LogP contribution < -0.4 is 9.03 Å². The van der Waals surface area contributed by atoms with Crippen LogP contribution in [0.1, 0.15) is 18.1 Å². The van der Waals surface area contributed by atoms with Crippen LogP contribution in [0.3, 0.4) is 0 Å². The van der Waals surface area contributed by atoms with E-state index in [2.05, 4.69) is 4.72 Å². The van der Waals surface area contributed by atoms with Gasteiger partial charge in [0.2, 0.25) is 20.0 Å². The molecule has 0 fully saturated rings. The Balaban J connectivity index is 2.19. The van der Waals surface area contributed by atoms with E-state index < -0.39 is 20.0 Å². The summed E-state index contributed by atoms with van der Waals surface area (Å²) in [5.74, 6) is 0. The number of hydrogen-bond donors (Lipinski definition) is 1. The molecule has 8 heteroatoms. The lowest BCUT2D eigenvalue weighted by atomic mass is 10.1. The molecule has 0 atom stereocenters. The lowest BCUT2D eigenvalue weighted by molar-refractivity contribution is 0.578. The minimum atomic E-state index is -3.69. The van der Waals surface area contributed by atoms with Gasteiger partial charge in [-0.25, -0.2) is 21.6 Å². The molecule has 6 nitrogen and oxygen atoms in total. The van der Waals surface area contributed by atoms with Crippen molar-refractivity contribution in [1.29, 1.82) is 0 Å². The van der Waals surface area contributed by atoms with Gasteiger partial charge in [-0.05, 0) is 42.7 Å². The first-order valence-corrected chi connectivity index (χ1v) is 11.6. The number of nitrogens with zero attached hydrogens (tertiary/aromatic N) is 1. The second-order valence-corrected chi connectivity index (χ2v) is 9.71. The highest BCUT2D eigenvalue weighted by molar-refractivity contribution is 7.92. The van der Waals surface area contributed by atoms with Gasteiger partial charge in [-0.1, -0.05) is 37.3 Å². The van der Waals surface area contributed by atoms with Crippen molar-refractivity contribution in [2.75, 3.05) is 23.7 Å². The van der Waals surface area contributed by atoms with Crippen LogP contribution >= 0.6 is 0 Å². The molecule has 0 aliphatic carbocycles. The van der Waals surface area contributed by atoms with Gasteiger partial charge in [0.25, 0.3) is 0 Å². The molecule has 142 valence electrons. The normalized spacial score (nSPS) is 12.1. The largest absolute Gasteiger partial charge is 0.269 e. The van der Waals surface area contributed by atoms with Gasteiger partial charge in [0.15, 0.2) is 0 Å². The number of hydrogen-bond acceptors (Lipinski definition) is 4. The van der Waals surface area contributed by atoms with Crippen molar-refractivity contribution >= 4 is 25.7 Å². The Morgan fingerprint density at radius 1 is 1.00 bits per heavy atom. The molecule has 1 N–H and O–H groups in total. The Hall–Kier alpha value is -1.90. The summed E-state index contributed by atoms with van der Waals surface area (Å²) in [4.78, 5) is 0.164. The fourth-order valence-electron chi connectivity index (χ4n) is 2.67. The SMILES string of the molecule is CCc1ccccc1N(CCNS(=O)(=O)c1cccc(C)c1)S(C)(=O)=O. The van der Waals surface area contributed by atoms with E-state index in [9.17, 15) is 16.8 Å². The van der Waals surface area contributed by atoms with Crippen LogP contribution in [-0.4, -0.2) is 36.2 Å². The Kier molecular flexibility index (Phi) is 6.44. The van der Waals surface area contributed by atoms with Crippen molar-refractivity contribution in [2.24, 2.45) is 0 Å². The van der Waals surface area contributed by atoms with E-state index in [-0.39, 0.29) is 18.0 Å². The van der Waals surface area contributed by atoms with Gasteiger partial charge in [0.05, 0.1) is 16.8 Å². The van der Waals surface area contributed by atoms with Crippen molar-refractivity contribution in [2.45, 2.75) is 25.2 Å². The first-order valence-electron chi connectivity index (χ1n) is 8.27. The Labute approximate surface area is 156 Å². The van der Waals surface area contributed by atoms with Gasteiger partial charge in [-0.15, -0.1) is 0 Å². The summed E-state index contributed by atoms with van der Waals surface area (Å²) in [6.07, 6.45) is 1.80. The fraction of sp³-hybridized carbons (Fsp3) is 0.333. The molecular formula is C18H24N2O4S2. The van der Waals surface area contributed by atoms with Gasteiger partial charge in [-0.3, -0.25) is 4.31 Å². The molecule has 2 aromatic carbocycles. The predicted molar refractivity (Wildman–Crippen MR) is 104 cm³/mol. The van der Waals surface area contributed by atoms with Gasteiger partial charge in [0, 0.05) is 13.1 Å². The zero-order valence-corrected chi connectivity index (χ0v) is 16.8. The maximum atomic E-state index is 12.4. The number of aryl methyl sites for hydroxylation is 2. The summed E-state index contributed by atoms with van der Waals surface area (Å²) in [6.45, 7) is 3.74. The van der Waals surface area contributed by atoms with E-state index in [0.29, 0.717) is 12.1 Å². The van der Waals surface area contributed by atoms with E-state index in [4.69, 9.17) is 0 Å². The van der Waals surface area contributed by atoms with Crippen molar-refractivity contribution in [3.05, 3.63) is 59.7 Å². The van der Waals surface area contributed by atoms with Gasteiger partial charge >= 0.3 is 0 Å². The molecule has 26 heavy (non-hydrogen) atoms. The smallest absolute Gasteiger partial charge is 0.240 e. The molecule has 0 aliphatic heterocycles. The third-order valence-electron chi connectivity index (χ3n) is 3.95. The second-order valence-electron chi connectivity index (χ2n) is 6.03. The maximum Gasteiger partial charge on any atom is 0.240 e. The number of nitrogens with one attached hydrogen (secondary N) is 1. The number of para-hydroxylation sites is 1. The van der Waals surface area contributed by atoms with Crippen LogP contribution in [0.2, 0.25) is 0 Å². The van der Waals surface area contributed by atoms with Crippen LogP contribution in [0.4, 0.5) is 5.69 Å². The molecule has 2 aromatic rings. The molecule has 0 bridgehead atoms. The summed E-state index contributed by atoms with van der Waals surface area (Å²) in [5.41, 5.74) is 2.30. The maximum absolute atomic E-state index is 12.4. The molecule has 0 saturated carbocycles. The molecule has 0 amide bonds. The topological polar surface area (TPSA) is 83.6 Å². The summed E-state index contributed by atoms with van der Waals surface area (Å²) < 4.78 is 52.9. The molecule has 0 aliphatic rings. The number of anilines is 1. The molecular weight excluding hydrogens is 372 g/mol. The minimum Gasteiger partial charge on any atom is -0.269 e. The molecule has 0 aromatic heterocycles. The third-order valence-corrected chi connectivity index (χ3v) is 6.59. The first kappa shape index (κ1) is 20.4. The Bertz CT molecular complexity index is 970. The van der Waals surface area contributed by atoms with Crippen LogP contribution in [0.5, 0.6) is 0 Å². The van der Waals surface area contributed by atoms with E-state index in [1.54, 1.807) is 24.3 Å². The molecule has 0 saturated heterocycles. The van der Waals surface area contributed by atoms with Gasteiger partial charge in [0.1, 0.15) is 0 Å². The van der Waals surface area contributed by atoms with Crippen molar-refractivity contribution in [3.63, 3.8) is 0 Å². The third kappa shape index (κ3) is 5.06. The average molecular weight is 397 g/mol. The van der Waals surface area contributed by atoms with Crippen LogP contribution in [-0.2, 0) is 26.5 Å². The predicted octanol–water partition coefficient (Wildman–Crippen LogP) is 2.30. The van der Waals surface area contributed by atoms with E-state index in [0.717, 1.165) is 17.4 Å². The fourth-order valence-corrected chi connectivity index (χ4v) is 4.75. The lowest BCUT2D eigenvalue weighted by Gasteiger charge is -2.24. The summed E-state index contributed by atoms with van der Waals surface area (Å²) in [6, 6.07) is 13.8. The molecule has 0 radical (unpaired) electrons. The van der Waals surface area contributed by atoms with Crippen LogP contribution in [0.25, 0.3) is 0 Å². The van der Waals surface area contributed by atoms with Crippen molar-refractivity contribution in [3.8, 4) is 0 Å². The zero-order chi connectivity index (χ0) is 19.4. The summed E-state index contributed by atoms with van der Waals surface area (Å²) in [7, 11) is -7.23. The zero-order valence-electron chi connectivity index (χ0n) is 15.1. The highest BCUT2D eigenvalue weighted by Gasteiger charge is 2.21. The number of sulfonamides is 2. The standard InChI is InChI=1S/C18H24N2O4S2/c1-4-16-9-5-6-11-18(16)20(25(3,21)22)13-12-19-26(23,24)17-10-7-8-15(2)14-17/h5-11,14,19H,4,12-13H2,1-3H3. The van der Waals surface area contributed by atoms with Crippen molar-refractivity contribution in [1.82, 2.24) is 4.72 Å². The Morgan fingerprint density at radius 3 is 2.31 bits per heavy atom. The van der Waals surface area contributed by atoms with Crippen LogP contribution in [0.15, 0.2) is 53.4 Å². The van der Waals surface area contributed by atoms with E-state index >= 15 is 0 Å². The molecule has 0 unspecified atom stereocenters. The van der Waals surface area contributed by atoms with Crippen LogP contribution in [0, 0.1) is 6.92 Å². The first-order chi connectivity index (χ1) is 12.1. The number of rotatable bonds is 8. The van der Waals surface area contributed by atoms with Gasteiger partial charge in [-0.2, -0.15) is 0 Å². The second kappa shape index (κ2) is 8.20. The minimum absolute atomic E-state index is 0.0148. The van der Waals surface area contributed by atoms with Crippen molar-refractivity contribution < 1.29 is 16.8 Å². The number of benzene rings is 2. The molecule has 0 spiro atoms. The van der Waals surface area contributed by atoms with E-state index in [1.165, 1.54) is 10.4 Å². The Morgan fingerprint density at radius 2 is 1.69 bits per heavy atom. The average Bonchev–Trinajstić information content (AvgIpc) is 2.57. The summed E-state index contributed by atoms with van der Waals surface area (Å²) in [5, 5.41) is 0. The molecule has 2 rings (SSSR count). The monoisotopic (exact) mass is 396 g/mol. The van der Waals surface area contributed by atoms with Gasteiger partial charge < -0.3 is 0 Å². The summed E-state index contributed by atoms with van der Waals surface area (Å²) >= 11 is 0. The highest BCUT2D eigenvalue weighted by Crippen LogP contribution is 2.23. The van der Waals surface area contributed by atoms with E-state index in [1.807, 2.05) is 32.0 Å².